The summed E-state index contributed by atoms with van der Waals surface area (Å²) in [7, 11) is 0. The maximum Gasteiger partial charge on any atom is 0.253 e. The minimum atomic E-state index is -0.0104. The van der Waals surface area contributed by atoms with Gasteiger partial charge in [0.1, 0.15) is 0 Å². The third kappa shape index (κ3) is 1.83. The molecule has 0 atom stereocenters. The number of rotatable bonds is 2. The Hall–Kier alpha value is -1.97. The van der Waals surface area contributed by atoms with Crippen molar-refractivity contribution in [3.8, 4) is 0 Å². The fraction of sp³-hybridized carbons (Fsp3) is 0.357. The van der Waals surface area contributed by atoms with Crippen LogP contribution in [0.2, 0.25) is 0 Å². The Morgan fingerprint density at radius 1 is 1.44 bits per heavy atom. The first kappa shape index (κ1) is 11.1. The molecule has 1 amide bonds. The van der Waals surface area contributed by atoms with Gasteiger partial charge in [-0.1, -0.05) is 6.92 Å². The Labute approximate surface area is 106 Å². The number of benzene rings is 1. The Morgan fingerprint density at radius 2 is 2.22 bits per heavy atom. The van der Waals surface area contributed by atoms with E-state index in [1.54, 1.807) is 6.20 Å². The van der Waals surface area contributed by atoms with Gasteiger partial charge in [-0.25, -0.2) is 0 Å². The van der Waals surface area contributed by atoms with Crippen LogP contribution in [0.3, 0.4) is 0 Å². The molecule has 94 valence electrons. The maximum atomic E-state index is 12.2. The number of hydrogen-bond donors (Lipinski definition) is 3. The van der Waals surface area contributed by atoms with Crippen LogP contribution in [-0.4, -0.2) is 16.9 Å². The zero-order valence-electron chi connectivity index (χ0n) is 10.4. The van der Waals surface area contributed by atoms with E-state index in [1.165, 1.54) is 0 Å². The summed E-state index contributed by atoms with van der Waals surface area (Å²) in [6.45, 7) is 2.20. The number of amides is 1. The summed E-state index contributed by atoms with van der Waals surface area (Å²) >= 11 is 0. The number of aromatic amines is 1. The lowest BCUT2D eigenvalue weighted by atomic mass is 9.82. The first-order chi connectivity index (χ1) is 8.63. The Morgan fingerprint density at radius 3 is 2.94 bits per heavy atom. The van der Waals surface area contributed by atoms with Crippen molar-refractivity contribution in [1.29, 1.82) is 0 Å². The van der Waals surface area contributed by atoms with E-state index in [4.69, 9.17) is 5.73 Å². The van der Waals surface area contributed by atoms with Gasteiger partial charge in [-0.15, -0.1) is 0 Å². The van der Waals surface area contributed by atoms with Crippen molar-refractivity contribution < 1.29 is 4.79 Å². The summed E-state index contributed by atoms with van der Waals surface area (Å²) in [5.41, 5.74) is 8.06. The average Bonchev–Trinajstić information content (AvgIpc) is 2.69. The lowest BCUT2D eigenvalue weighted by molar-refractivity contribution is 0.0898. The standard InChI is InChI=1S/C14H17N3O/c1-8-4-10(5-8)17-14(18)12-7-16-13-3-2-9(15)6-11(12)13/h2-3,6-8,10,16H,4-5,15H2,1H3,(H,17,18). The van der Waals surface area contributed by atoms with Gasteiger partial charge in [-0.3, -0.25) is 4.79 Å². The number of H-pyrrole nitrogens is 1. The Kier molecular flexibility index (Phi) is 2.51. The third-order valence-corrected chi connectivity index (χ3v) is 3.66. The number of hydrogen-bond acceptors (Lipinski definition) is 2. The predicted molar refractivity (Wildman–Crippen MR) is 72.4 cm³/mol. The predicted octanol–water partition coefficient (Wildman–Crippen LogP) is 2.28. The molecule has 0 radical (unpaired) electrons. The summed E-state index contributed by atoms with van der Waals surface area (Å²) in [6.07, 6.45) is 3.91. The van der Waals surface area contributed by atoms with Gasteiger partial charge >= 0.3 is 0 Å². The molecular weight excluding hydrogens is 226 g/mol. The van der Waals surface area contributed by atoms with E-state index in [-0.39, 0.29) is 5.91 Å². The second-order valence-corrected chi connectivity index (χ2v) is 5.25. The molecule has 1 aliphatic rings. The van der Waals surface area contributed by atoms with Crippen molar-refractivity contribution in [2.24, 2.45) is 5.92 Å². The highest BCUT2D eigenvalue weighted by Gasteiger charge is 2.27. The van der Waals surface area contributed by atoms with Crippen molar-refractivity contribution in [3.63, 3.8) is 0 Å². The number of carbonyl (C=O) groups is 1. The zero-order chi connectivity index (χ0) is 12.7. The largest absolute Gasteiger partial charge is 0.399 e. The molecular formula is C14H17N3O. The van der Waals surface area contributed by atoms with Crippen molar-refractivity contribution in [3.05, 3.63) is 30.0 Å². The van der Waals surface area contributed by atoms with Crippen LogP contribution in [0, 0.1) is 5.92 Å². The van der Waals surface area contributed by atoms with Crippen molar-refractivity contribution in [2.75, 3.05) is 5.73 Å². The number of carbonyl (C=O) groups excluding carboxylic acids is 1. The van der Waals surface area contributed by atoms with E-state index < -0.39 is 0 Å². The van der Waals surface area contributed by atoms with E-state index in [9.17, 15) is 4.79 Å². The van der Waals surface area contributed by atoms with E-state index in [0.717, 1.165) is 29.7 Å². The fourth-order valence-electron chi connectivity index (χ4n) is 2.61. The molecule has 0 aliphatic heterocycles. The quantitative estimate of drug-likeness (QED) is 0.708. The van der Waals surface area contributed by atoms with Gasteiger partial charge in [0.15, 0.2) is 0 Å². The summed E-state index contributed by atoms with van der Waals surface area (Å²) < 4.78 is 0. The molecule has 2 aromatic rings. The second kappa shape index (κ2) is 4.05. The van der Waals surface area contributed by atoms with Crippen LogP contribution < -0.4 is 11.1 Å². The molecule has 4 heteroatoms. The van der Waals surface area contributed by atoms with Crippen LogP contribution in [-0.2, 0) is 0 Å². The van der Waals surface area contributed by atoms with Crippen LogP contribution in [0.5, 0.6) is 0 Å². The molecule has 0 bridgehead atoms. The molecule has 1 aromatic heterocycles. The number of nitrogens with two attached hydrogens (primary N) is 1. The third-order valence-electron chi connectivity index (χ3n) is 3.66. The Balaban J connectivity index is 1.85. The summed E-state index contributed by atoms with van der Waals surface area (Å²) in [4.78, 5) is 15.3. The number of nitrogen functional groups attached to an aromatic ring is 1. The lowest BCUT2D eigenvalue weighted by Gasteiger charge is -2.33. The minimum absolute atomic E-state index is 0.0104. The fourth-order valence-corrected chi connectivity index (χ4v) is 2.61. The van der Waals surface area contributed by atoms with E-state index in [0.29, 0.717) is 17.3 Å². The molecule has 1 heterocycles. The average molecular weight is 243 g/mol. The van der Waals surface area contributed by atoms with Crippen molar-refractivity contribution in [2.45, 2.75) is 25.8 Å². The summed E-state index contributed by atoms with van der Waals surface area (Å²) in [5, 5.41) is 3.95. The van der Waals surface area contributed by atoms with Crippen molar-refractivity contribution >= 4 is 22.5 Å². The van der Waals surface area contributed by atoms with Crippen LogP contribution in [0.15, 0.2) is 24.4 Å². The molecule has 18 heavy (non-hydrogen) atoms. The van der Waals surface area contributed by atoms with Gasteiger partial charge in [-0.05, 0) is 37.0 Å². The summed E-state index contributed by atoms with van der Waals surface area (Å²) in [6, 6.07) is 5.89. The van der Waals surface area contributed by atoms with E-state index in [1.807, 2.05) is 18.2 Å². The zero-order valence-corrected chi connectivity index (χ0v) is 10.4. The second-order valence-electron chi connectivity index (χ2n) is 5.25. The van der Waals surface area contributed by atoms with Crippen LogP contribution in [0.4, 0.5) is 5.69 Å². The number of aromatic nitrogens is 1. The van der Waals surface area contributed by atoms with Crippen molar-refractivity contribution in [1.82, 2.24) is 10.3 Å². The first-order valence-corrected chi connectivity index (χ1v) is 6.31. The highest BCUT2D eigenvalue weighted by Crippen LogP contribution is 2.27. The van der Waals surface area contributed by atoms with Gasteiger partial charge in [-0.2, -0.15) is 0 Å². The number of anilines is 1. The number of nitrogens with one attached hydrogen (secondary N) is 2. The first-order valence-electron chi connectivity index (χ1n) is 6.31. The van der Waals surface area contributed by atoms with Gasteiger partial charge in [0.2, 0.25) is 0 Å². The molecule has 1 aliphatic carbocycles. The normalized spacial score (nSPS) is 22.7. The Bertz CT molecular complexity index is 596. The molecule has 3 rings (SSSR count). The molecule has 1 aromatic carbocycles. The van der Waals surface area contributed by atoms with Crippen LogP contribution >= 0.6 is 0 Å². The van der Waals surface area contributed by atoms with E-state index >= 15 is 0 Å². The van der Waals surface area contributed by atoms with Crippen LogP contribution in [0.25, 0.3) is 10.9 Å². The maximum absolute atomic E-state index is 12.2. The molecule has 0 unspecified atom stereocenters. The molecule has 1 fully saturated rings. The highest BCUT2D eigenvalue weighted by atomic mass is 16.1. The van der Waals surface area contributed by atoms with Gasteiger partial charge < -0.3 is 16.0 Å². The van der Waals surface area contributed by atoms with Gasteiger partial charge in [0.05, 0.1) is 5.56 Å². The lowest BCUT2D eigenvalue weighted by Crippen LogP contribution is -2.43. The minimum Gasteiger partial charge on any atom is -0.399 e. The molecule has 4 N–H and O–H groups in total. The SMILES string of the molecule is CC1CC(NC(=O)c2c[nH]c3ccc(N)cc23)C1. The molecule has 0 spiro atoms. The molecule has 0 saturated heterocycles. The summed E-state index contributed by atoms with van der Waals surface area (Å²) in [5.74, 6) is 0.720. The number of fused-ring (bicyclic) bond motifs is 1. The van der Waals surface area contributed by atoms with Gasteiger partial charge in [0, 0.05) is 28.8 Å². The van der Waals surface area contributed by atoms with Crippen LogP contribution in [0.1, 0.15) is 30.1 Å². The highest BCUT2D eigenvalue weighted by molar-refractivity contribution is 6.07. The molecule has 1 saturated carbocycles. The van der Waals surface area contributed by atoms with E-state index in [2.05, 4.69) is 17.2 Å². The molecule has 4 nitrogen and oxygen atoms in total. The smallest absolute Gasteiger partial charge is 0.253 e. The monoisotopic (exact) mass is 243 g/mol. The van der Waals surface area contributed by atoms with Gasteiger partial charge in [0.25, 0.3) is 5.91 Å². The topological polar surface area (TPSA) is 70.9 Å².